The molecule has 5 nitrogen and oxygen atoms in total. The van der Waals surface area contributed by atoms with Gasteiger partial charge in [-0.05, 0) is 12.1 Å². The number of amides is 1. The molecule has 0 saturated carbocycles. The number of para-hydroxylation sites is 2. The van der Waals surface area contributed by atoms with Crippen LogP contribution >= 0.6 is 0 Å². The molecule has 5 heteroatoms. The number of amidine groups is 1. The quantitative estimate of drug-likeness (QED) is 0.667. The molecule has 0 aliphatic carbocycles. The largest absolute Gasteiger partial charge is 0.366 e. The zero-order valence-electron chi connectivity index (χ0n) is 7.14. The van der Waals surface area contributed by atoms with E-state index in [4.69, 9.17) is 0 Å². The van der Waals surface area contributed by atoms with Crippen LogP contribution in [-0.2, 0) is 4.79 Å². The molecule has 0 radical (unpaired) electrons. The Morgan fingerprint density at radius 1 is 1.21 bits per heavy atom. The number of carbonyl (C=O) groups is 1. The van der Waals surface area contributed by atoms with E-state index in [1.165, 1.54) is 0 Å². The molecule has 0 saturated heterocycles. The van der Waals surface area contributed by atoms with Gasteiger partial charge in [-0.15, -0.1) is 10.2 Å². The first-order valence-electron chi connectivity index (χ1n) is 4.24. The molecule has 0 bridgehead atoms. The second-order valence-electron chi connectivity index (χ2n) is 3.10. The Balaban J connectivity index is 2.15. The number of nitrogens with zero attached hydrogens (tertiary/aromatic N) is 3. The molecule has 68 valence electrons. The first-order chi connectivity index (χ1) is 6.84. The maximum absolute atomic E-state index is 11.2. The molecule has 1 aromatic carbocycles. The maximum Gasteiger partial charge on any atom is 0.294 e. The van der Waals surface area contributed by atoms with Gasteiger partial charge in [0.25, 0.3) is 5.91 Å². The summed E-state index contributed by atoms with van der Waals surface area (Å²) in [5.41, 5.74) is 1.65. The monoisotopic (exact) mass is 186 g/mol. The SMILES string of the molecule is O=C1N=NC2=Nc3ccccc3NC12. The summed E-state index contributed by atoms with van der Waals surface area (Å²) >= 11 is 0. The molecule has 1 aromatic rings. The van der Waals surface area contributed by atoms with Gasteiger partial charge in [0.1, 0.15) is 0 Å². The number of anilines is 1. The van der Waals surface area contributed by atoms with Gasteiger partial charge >= 0.3 is 0 Å². The Kier molecular flexibility index (Phi) is 1.30. The number of azo groups is 1. The Hall–Kier alpha value is -2.04. The molecule has 3 rings (SSSR count). The minimum absolute atomic E-state index is 0.279. The van der Waals surface area contributed by atoms with E-state index in [2.05, 4.69) is 20.5 Å². The molecule has 0 fully saturated rings. The van der Waals surface area contributed by atoms with E-state index < -0.39 is 6.04 Å². The molecule has 0 aromatic heterocycles. The van der Waals surface area contributed by atoms with Crippen LogP contribution in [0.15, 0.2) is 39.5 Å². The van der Waals surface area contributed by atoms with Crippen LogP contribution in [0.25, 0.3) is 0 Å². The van der Waals surface area contributed by atoms with Gasteiger partial charge in [-0.1, -0.05) is 12.1 Å². The van der Waals surface area contributed by atoms with Gasteiger partial charge in [0.15, 0.2) is 11.9 Å². The van der Waals surface area contributed by atoms with E-state index in [0.717, 1.165) is 11.4 Å². The van der Waals surface area contributed by atoms with Crippen molar-refractivity contribution in [2.45, 2.75) is 6.04 Å². The lowest BCUT2D eigenvalue weighted by Gasteiger charge is -2.17. The number of nitrogens with one attached hydrogen (secondary N) is 1. The molecule has 1 atom stereocenters. The Morgan fingerprint density at radius 2 is 2.07 bits per heavy atom. The first-order valence-corrected chi connectivity index (χ1v) is 4.24. The van der Waals surface area contributed by atoms with Crippen LogP contribution in [0.3, 0.4) is 0 Å². The van der Waals surface area contributed by atoms with Crippen molar-refractivity contribution in [2.75, 3.05) is 5.32 Å². The fourth-order valence-electron chi connectivity index (χ4n) is 1.51. The molecule has 2 aliphatic heterocycles. The van der Waals surface area contributed by atoms with Crippen LogP contribution in [-0.4, -0.2) is 17.8 Å². The number of hydrogen-bond acceptors (Lipinski definition) is 4. The molecular formula is C9H6N4O. The van der Waals surface area contributed by atoms with Gasteiger partial charge in [0, 0.05) is 0 Å². The van der Waals surface area contributed by atoms with Crippen molar-refractivity contribution in [1.82, 2.24) is 0 Å². The summed E-state index contributed by atoms with van der Waals surface area (Å²) in [7, 11) is 0. The van der Waals surface area contributed by atoms with Gasteiger partial charge < -0.3 is 5.32 Å². The molecular weight excluding hydrogens is 180 g/mol. The van der Waals surface area contributed by atoms with Crippen LogP contribution in [0.1, 0.15) is 0 Å². The van der Waals surface area contributed by atoms with E-state index in [9.17, 15) is 4.79 Å². The number of fused-ring (bicyclic) bond motifs is 2. The minimum Gasteiger partial charge on any atom is -0.366 e. The Morgan fingerprint density at radius 3 is 3.00 bits per heavy atom. The lowest BCUT2D eigenvalue weighted by atomic mass is 10.1. The van der Waals surface area contributed by atoms with Crippen molar-refractivity contribution in [3.8, 4) is 0 Å². The molecule has 1 amide bonds. The molecule has 1 unspecified atom stereocenters. The van der Waals surface area contributed by atoms with Gasteiger partial charge in [-0.25, -0.2) is 4.99 Å². The lowest BCUT2D eigenvalue weighted by molar-refractivity contribution is -0.117. The summed E-state index contributed by atoms with van der Waals surface area (Å²) in [4.78, 5) is 15.4. The second kappa shape index (κ2) is 2.47. The number of rotatable bonds is 0. The third-order valence-corrected chi connectivity index (χ3v) is 2.20. The normalized spacial score (nSPS) is 22.4. The van der Waals surface area contributed by atoms with Crippen molar-refractivity contribution in [2.24, 2.45) is 15.2 Å². The fraction of sp³-hybridized carbons (Fsp3) is 0.111. The number of carbonyl (C=O) groups excluding carboxylic acids is 1. The molecule has 2 heterocycles. The van der Waals surface area contributed by atoms with Gasteiger partial charge in [0.05, 0.1) is 11.4 Å². The minimum atomic E-state index is -0.482. The summed E-state index contributed by atoms with van der Waals surface area (Å²) in [5.74, 6) is 0.173. The first kappa shape index (κ1) is 7.37. The van der Waals surface area contributed by atoms with Crippen molar-refractivity contribution in [1.29, 1.82) is 0 Å². The molecule has 1 N–H and O–H groups in total. The van der Waals surface area contributed by atoms with E-state index in [0.29, 0.717) is 5.84 Å². The average Bonchev–Trinajstić information content (AvgIpc) is 2.57. The van der Waals surface area contributed by atoms with Crippen LogP contribution < -0.4 is 5.32 Å². The van der Waals surface area contributed by atoms with E-state index in [-0.39, 0.29) is 5.91 Å². The van der Waals surface area contributed by atoms with Crippen LogP contribution in [0, 0.1) is 0 Å². The lowest BCUT2D eigenvalue weighted by Crippen LogP contribution is -2.33. The Labute approximate surface area is 79.6 Å². The van der Waals surface area contributed by atoms with Crippen LogP contribution in [0.5, 0.6) is 0 Å². The second-order valence-corrected chi connectivity index (χ2v) is 3.10. The molecule has 14 heavy (non-hydrogen) atoms. The number of hydrogen-bond donors (Lipinski definition) is 1. The van der Waals surface area contributed by atoms with E-state index in [1.54, 1.807) is 0 Å². The molecule has 2 aliphatic rings. The Bertz CT molecular complexity index is 477. The fourth-order valence-corrected chi connectivity index (χ4v) is 1.51. The van der Waals surface area contributed by atoms with Crippen molar-refractivity contribution in [3.63, 3.8) is 0 Å². The summed E-state index contributed by atoms with van der Waals surface area (Å²) in [6, 6.07) is 7.04. The third kappa shape index (κ3) is 0.891. The summed E-state index contributed by atoms with van der Waals surface area (Å²) in [6.07, 6.45) is 0. The van der Waals surface area contributed by atoms with Crippen molar-refractivity contribution in [3.05, 3.63) is 24.3 Å². The van der Waals surface area contributed by atoms with Gasteiger partial charge in [-0.3, -0.25) is 4.79 Å². The van der Waals surface area contributed by atoms with E-state index in [1.807, 2.05) is 24.3 Å². The summed E-state index contributed by atoms with van der Waals surface area (Å²) < 4.78 is 0. The highest BCUT2D eigenvalue weighted by Crippen LogP contribution is 2.31. The number of benzene rings is 1. The predicted molar refractivity (Wildman–Crippen MR) is 50.8 cm³/mol. The predicted octanol–water partition coefficient (Wildman–Crippen LogP) is 1.50. The van der Waals surface area contributed by atoms with E-state index >= 15 is 0 Å². The zero-order chi connectivity index (χ0) is 9.54. The zero-order valence-corrected chi connectivity index (χ0v) is 7.14. The topological polar surface area (TPSA) is 66.2 Å². The third-order valence-electron chi connectivity index (χ3n) is 2.20. The van der Waals surface area contributed by atoms with Crippen LogP contribution in [0.4, 0.5) is 11.4 Å². The standard InChI is InChI=1S/C9H6N4O/c14-9-7-8(12-13-9)11-6-4-2-1-3-5(6)10-7/h1-4,7,10H. The van der Waals surface area contributed by atoms with Gasteiger partial charge in [0.2, 0.25) is 0 Å². The highest BCUT2D eigenvalue weighted by atomic mass is 16.2. The van der Waals surface area contributed by atoms with Crippen molar-refractivity contribution >= 4 is 23.1 Å². The summed E-state index contributed by atoms with van der Waals surface area (Å²) in [6.45, 7) is 0. The van der Waals surface area contributed by atoms with Crippen LogP contribution in [0.2, 0.25) is 0 Å². The van der Waals surface area contributed by atoms with Crippen molar-refractivity contribution < 1.29 is 4.79 Å². The molecule has 0 spiro atoms. The summed E-state index contributed by atoms with van der Waals surface area (Å²) in [5, 5.41) is 10.2. The highest BCUT2D eigenvalue weighted by Gasteiger charge is 2.33. The number of aliphatic imine (C=N–C) groups is 1. The van der Waals surface area contributed by atoms with Gasteiger partial charge in [-0.2, -0.15) is 0 Å². The average molecular weight is 186 g/mol. The maximum atomic E-state index is 11.2. The highest BCUT2D eigenvalue weighted by molar-refractivity contribution is 6.16. The smallest absolute Gasteiger partial charge is 0.294 e.